The molecular weight excluding hydrogens is 293 g/mol. The predicted octanol–water partition coefficient (Wildman–Crippen LogP) is 2.28. The van der Waals surface area contributed by atoms with E-state index in [1.165, 1.54) is 6.07 Å². The average molecular weight is 308 g/mol. The Hall–Kier alpha value is -1.28. The number of hydrogen-bond acceptors (Lipinski definition) is 3. The normalized spacial score (nSPS) is 14.9. The zero-order chi connectivity index (χ0) is 14.8. The molecule has 0 atom stereocenters. The van der Waals surface area contributed by atoms with Crippen LogP contribution in [0.25, 0.3) is 0 Å². The molecule has 0 fully saturated rings. The van der Waals surface area contributed by atoms with E-state index in [-0.39, 0.29) is 17.9 Å². The third-order valence-electron chi connectivity index (χ3n) is 3.03. The molecule has 0 saturated heterocycles. The first kappa shape index (κ1) is 15.1. The van der Waals surface area contributed by atoms with Gasteiger partial charge in [0.1, 0.15) is 0 Å². The quantitative estimate of drug-likeness (QED) is 0.821. The van der Waals surface area contributed by atoms with E-state index >= 15 is 0 Å². The highest BCUT2D eigenvalue weighted by Crippen LogP contribution is 2.25. The van der Waals surface area contributed by atoms with Crippen LogP contribution in [0, 0.1) is 0 Å². The van der Waals surface area contributed by atoms with Gasteiger partial charge in [-0.15, -0.1) is 0 Å². The van der Waals surface area contributed by atoms with E-state index in [4.69, 9.17) is 0 Å². The summed E-state index contributed by atoms with van der Waals surface area (Å²) in [5, 5.41) is 3.11. The van der Waals surface area contributed by atoms with Gasteiger partial charge in [0.15, 0.2) is 0 Å². The van der Waals surface area contributed by atoms with Gasteiger partial charge in [0, 0.05) is 25.2 Å². The van der Waals surface area contributed by atoms with Gasteiger partial charge in [-0.2, -0.15) is 13.2 Å². The van der Waals surface area contributed by atoms with Gasteiger partial charge in [-0.1, -0.05) is 0 Å². The molecule has 4 nitrogen and oxygen atoms in total. The number of fused-ring (bicyclic) bond motifs is 1. The minimum Gasteiger partial charge on any atom is -0.384 e. The number of hydrogen-bond donors (Lipinski definition) is 2. The maximum absolute atomic E-state index is 12.0. The lowest BCUT2D eigenvalue weighted by molar-refractivity contribution is -0.135. The molecule has 8 heteroatoms. The van der Waals surface area contributed by atoms with Crippen LogP contribution < -0.4 is 10.0 Å². The zero-order valence-electron chi connectivity index (χ0n) is 10.6. The summed E-state index contributed by atoms with van der Waals surface area (Å²) in [5.74, 6) is 0. The fourth-order valence-electron chi connectivity index (χ4n) is 2.03. The van der Waals surface area contributed by atoms with Crippen LogP contribution in [0.5, 0.6) is 0 Å². The second-order valence-corrected chi connectivity index (χ2v) is 6.38. The molecule has 0 bridgehead atoms. The van der Waals surface area contributed by atoms with Gasteiger partial charge in [-0.25, -0.2) is 13.1 Å². The van der Waals surface area contributed by atoms with Gasteiger partial charge in [0.2, 0.25) is 10.0 Å². The van der Waals surface area contributed by atoms with Gasteiger partial charge in [0.05, 0.1) is 4.90 Å². The molecule has 0 aliphatic carbocycles. The molecular formula is C12H15F3N2O2S. The Morgan fingerprint density at radius 2 is 2.05 bits per heavy atom. The molecule has 0 radical (unpaired) electrons. The fraction of sp³-hybridized carbons (Fsp3) is 0.500. The highest BCUT2D eigenvalue weighted by atomic mass is 32.2. The van der Waals surface area contributed by atoms with Crippen molar-refractivity contribution in [3.63, 3.8) is 0 Å². The average Bonchev–Trinajstić information content (AvgIpc) is 2.80. The molecule has 0 aromatic heterocycles. The first-order valence-electron chi connectivity index (χ1n) is 6.21. The van der Waals surface area contributed by atoms with Crippen molar-refractivity contribution < 1.29 is 21.6 Å². The summed E-state index contributed by atoms with van der Waals surface area (Å²) in [4.78, 5) is 0.0898. The van der Waals surface area contributed by atoms with Crippen LogP contribution in [0.1, 0.15) is 18.4 Å². The van der Waals surface area contributed by atoms with E-state index < -0.39 is 22.6 Å². The Morgan fingerprint density at radius 3 is 2.75 bits per heavy atom. The van der Waals surface area contributed by atoms with Crippen LogP contribution in [0.4, 0.5) is 18.9 Å². The van der Waals surface area contributed by atoms with Crippen LogP contribution >= 0.6 is 0 Å². The minimum atomic E-state index is -4.26. The summed E-state index contributed by atoms with van der Waals surface area (Å²) in [6.07, 6.45) is -4.78. The number of halogens is 3. The van der Waals surface area contributed by atoms with Crippen LogP contribution in [0.2, 0.25) is 0 Å². The Balaban J connectivity index is 1.97. The van der Waals surface area contributed by atoms with Gasteiger partial charge < -0.3 is 5.32 Å². The summed E-state index contributed by atoms with van der Waals surface area (Å²) >= 11 is 0. The van der Waals surface area contributed by atoms with Crippen molar-refractivity contribution >= 4 is 15.7 Å². The summed E-state index contributed by atoms with van der Waals surface area (Å²) < 4.78 is 62.0. The van der Waals surface area contributed by atoms with Crippen molar-refractivity contribution in [2.24, 2.45) is 0 Å². The van der Waals surface area contributed by atoms with Crippen molar-refractivity contribution in [3.8, 4) is 0 Å². The Kier molecular flexibility index (Phi) is 4.24. The number of alkyl halides is 3. The van der Waals surface area contributed by atoms with Crippen LogP contribution in [-0.2, 0) is 16.4 Å². The molecule has 1 aliphatic heterocycles. The number of benzene rings is 1. The molecule has 0 saturated carbocycles. The predicted molar refractivity (Wildman–Crippen MR) is 69.1 cm³/mol. The number of nitrogens with one attached hydrogen (secondary N) is 2. The van der Waals surface area contributed by atoms with E-state index in [1.54, 1.807) is 12.1 Å². The third-order valence-corrected chi connectivity index (χ3v) is 4.48. The standard InChI is InChI=1S/C12H15F3N2O2S/c13-12(14,15)5-1-6-17-20(18,19)10-2-3-11-9(8-10)4-7-16-11/h2-3,8,16-17H,1,4-7H2. The Bertz CT molecular complexity index is 585. The van der Waals surface area contributed by atoms with Crippen molar-refractivity contribution in [2.75, 3.05) is 18.4 Å². The topological polar surface area (TPSA) is 58.2 Å². The summed E-state index contributed by atoms with van der Waals surface area (Å²) in [6.45, 7) is 0.537. The molecule has 1 aliphatic rings. The van der Waals surface area contributed by atoms with Crippen molar-refractivity contribution in [2.45, 2.75) is 30.3 Å². The van der Waals surface area contributed by atoms with Crippen molar-refractivity contribution in [1.82, 2.24) is 4.72 Å². The van der Waals surface area contributed by atoms with E-state index in [0.29, 0.717) is 0 Å². The molecule has 1 aromatic carbocycles. The highest BCUT2D eigenvalue weighted by molar-refractivity contribution is 7.89. The van der Waals surface area contributed by atoms with E-state index in [2.05, 4.69) is 10.0 Å². The smallest absolute Gasteiger partial charge is 0.384 e. The maximum Gasteiger partial charge on any atom is 0.389 e. The Morgan fingerprint density at radius 1 is 1.30 bits per heavy atom. The molecule has 1 heterocycles. The molecule has 0 spiro atoms. The lowest BCUT2D eigenvalue weighted by atomic mass is 10.2. The van der Waals surface area contributed by atoms with Crippen molar-refractivity contribution in [3.05, 3.63) is 23.8 Å². The first-order chi connectivity index (χ1) is 9.28. The second-order valence-electron chi connectivity index (χ2n) is 4.61. The monoisotopic (exact) mass is 308 g/mol. The Labute approximate surface area is 115 Å². The highest BCUT2D eigenvalue weighted by Gasteiger charge is 2.26. The number of rotatable bonds is 5. The summed E-state index contributed by atoms with van der Waals surface area (Å²) in [6, 6.07) is 4.68. The minimum absolute atomic E-state index is 0.0898. The SMILES string of the molecule is O=S(=O)(NCCCC(F)(F)F)c1ccc2c(c1)CCN2. The fourth-order valence-corrected chi connectivity index (χ4v) is 3.15. The van der Waals surface area contributed by atoms with Crippen LogP contribution in [0.15, 0.2) is 23.1 Å². The van der Waals surface area contributed by atoms with Gasteiger partial charge in [-0.3, -0.25) is 0 Å². The molecule has 20 heavy (non-hydrogen) atoms. The maximum atomic E-state index is 12.0. The van der Waals surface area contributed by atoms with E-state index in [9.17, 15) is 21.6 Å². The van der Waals surface area contributed by atoms with Crippen molar-refractivity contribution in [1.29, 1.82) is 0 Å². The summed E-state index contributed by atoms with van der Waals surface area (Å²) in [5.41, 5.74) is 1.81. The first-order valence-corrected chi connectivity index (χ1v) is 7.69. The molecule has 2 rings (SSSR count). The summed E-state index contributed by atoms with van der Waals surface area (Å²) in [7, 11) is -3.74. The second kappa shape index (κ2) is 5.61. The molecule has 0 unspecified atom stereocenters. The number of anilines is 1. The number of sulfonamides is 1. The van der Waals surface area contributed by atoms with Crippen LogP contribution in [-0.4, -0.2) is 27.7 Å². The van der Waals surface area contributed by atoms with Gasteiger partial charge in [-0.05, 0) is 36.6 Å². The largest absolute Gasteiger partial charge is 0.389 e. The lowest BCUT2D eigenvalue weighted by Crippen LogP contribution is -2.26. The molecule has 1 aromatic rings. The molecule has 112 valence electrons. The lowest BCUT2D eigenvalue weighted by Gasteiger charge is -2.09. The zero-order valence-corrected chi connectivity index (χ0v) is 11.4. The van der Waals surface area contributed by atoms with E-state index in [0.717, 1.165) is 24.2 Å². The third kappa shape index (κ3) is 3.86. The van der Waals surface area contributed by atoms with E-state index in [1.807, 2.05) is 0 Å². The molecule has 2 N–H and O–H groups in total. The van der Waals surface area contributed by atoms with Crippen LogP contribution in [0.3, 0.4) is 0 Å². The van der Waals surface area contributed by atoms with Gasteiger partial charge >= 0.3 is 6.18 Å². The van der Waals surface area contributed by atoms with Gasteiger partial charge in [0.25, 0.3) is 0 Å². The molecule has 0 amide bonds.